The molecule has 0 aliphatic carbocycles. The van der Waals surface area contributed by atoms with E-state index in [1.165, 1.54) is 4.88 Å². The van der Waals surface area contributed by atoms with Gasteiger partial charge in [-0.25, -0.2) is 4.98 Å². The second kappa shape index (κ2) is 6.68. The highest BCUT2D eigenvalue weighted by Gasteiger charge is 2.15. The molecule has 2 N–H and O–H groups in total. The molecule has 0 unspecified atom stereocenters. The Morgan fingerprint density at radius 3 is 2.74 bits per heavy atom. The molecule has 2 rings (SSSR count). The lowest BCUT2D eigenvalue weighted by Crippen LogP contribution is -2.02. The van der Waals surface area contributed by atoms with E-state index >= 15 is 0 Å². The summed E-state index contributed by atoms with van der Waals surface area (Å²) >= 11 is 1.76. The molecule has 2 aromatic rings. The number of thiazole rings is 1. The van der Waals surface area contributed by atoms with E-state index in [2.05, 4.69) is 13.0 Å². The normalized spacial score (nSPS) is 10.7. The molecule has 0 aliphatic heterocycles. The third kappa shape index (κ3) is 3.14. The molecular formula is C15H20N2OS. The second-order valence-corrected chi connectivity index (χ2v) is 5.37. The van der Waals surface area contributed by atoms with Crippen molar-refractivity contribution in [2.45, 2.75) is 26.7 Å². The molecule has 0 spiro atoms. The number of hydrogen-bond acceptors (Lipinski definition) is 4. The first kappa shape index (κ1) is 14.0. The molecule has 1 heterocycles. The van der Waals surface area contributed by atoms with Gasteiger partial charge in [0.1, 0.15) is 5.75 Å². The van der Waals surface area contributed by atoms with Crippen LogP contribution in [0.15, 0.2) is 24.3 Å². The third-order valence-corrected chi connectivity index (χ3v) is 4.12. The average Bonchev–Trinajstić information content (AvgIpc) is 2.83. The van der Waals surface area contributed by atoms with Gasteiger partial charge in [-0.3, -0.25) is 0 Å². The van der Waals surface area contributed by atoms with Crippen LogP contribution in [-0.4, -0.2) is 18.1 Å². The van der Waals surface area contributed by atoms with Crippen molar-refractivity contribution in [2.24, 2.45) is 5.73 Å². The summed E-state index contributed by atoms with van der Waals surface area (Å²) in [5.74, 6) is 0.899. The van der Waals surface area contributed by atoms with E-state index in [0.717, 1.165) is 34.9 Å². The van der Waals surface area contributed by atoms with Crippen LogP contribution < -0.4 is 10.5 Å². The predicted octanol–water partition coefficient (Wildman–Crippen LogP) is 3.27. The number of benzene rings is 1. The maximum atomic E-state index is 5.70. The molecule has 3 nitrogen and oxygen atoms in total. The molecule has 102 valence electrons. The van der Waals surface area contributed by atoms with Gasteiger partial charge < -0.3 is 10.5 Å². The van der Waals surface area contributed by atoms with Gasteiger partial charge in [0.05, 0.1) is 17.3 Å². The molecule has 1 aromatic heterocycles. The Hall–Kier alpha value is -1.39. The van der Waals surface area contributed by atoms with E-state index in [4.69, 9.17) is 15.5 Å². The molecule has 0 saturated carbocycles. The molecule has 0 amide bonds. The minimum Gasteiger partial charge on any atom is -0.493 e. The summed E-state index contributed by atoms with van der Waals surface area (Å²) in [6, 6.07) is 8.08. The Labute approximate surface area is 118 Å². The van der Waals surface area contributed by atoms with Crippen LogP contribution in [0.4, 0.5) is 0 Å². The summed E-state index contributed by atoms with van der Waals surface area (Å²) in [6.45, 7) is 5.43. The minimum absolute atomic E-state index is 0.648. The summed E-state index contributed by atoms with van der Waals surface area (Å²) in [6.07, 6.45) is 1.83. The second-order valence-electron chi connectivity index (χ2n) is 4.20. The molecule has 0 atom stereocenters. The van der Waals surface area contributed by atoms with Crippen LogP contribution in [0.1, 0.15) is 23.7 Å². The van der Waals surface area contributed by atoms with Gasteiger partial charge in [0.25, 0.3) is 0 Å². The summed E-state index contributed by atoms with van der Waals surface area (Å²) in [5.41, 5.74) is 7.81. The van der Waals surface area contributed by atoms with Crippen molar-refractivity contribution in [3.63, 3.8) is 0 Å². The van der Waals surface area contributed by atoms with Crippen LogP contribution in [-0.2, 0) is 12.8 Å². The van der Waals surface area contributed by atoms with Gasteiger partial charge in [0.2, 0.25) is 0 Å². The van der Waals surface area contributed by atoms with Crippen LogP contribution in [0.2, 0.25) is 0 Å². The Morgan fingerprint density at radius 1 is 1.26 bits per heavy atom. The molecule has 19 heavy (non-hydrogen) atoms. The van der Waals surface area contributed by atoms with Crippen LogP contribution in [0, 0.1) is 0 Å². The van der Waals surface area contributed by atoms with E-state index in [-0.39, 0.29) is 0 Å². The first-order valence-corrected chi connectivity index (χ1v) is 7.52. The van der Waals surface area contributed by atoms with E-state index in [0.29, 0.717) is 13.2 Å². The Kier molecular flexibility index (Phi) is 4.93. The molecule has 0 radical (unpaired) electrons. The Bertz CT molecular complexity index is 537. The summed E-state index contributed by atoms with van der Waals surface area (Å²) < 4.78 is 5.70. The zero-order valence-electron chi connectivity index (χ0n) is 11.5. The minimum atomic E-state index is 0.648. The lowest BCUT2D eigenvalue weighted by Gasteiger charge is -2.09. The van der Waals surface area contributed by atoms with Gasteiger partial charge in [0, 0.05) is 10.4 Å². The van der Waals surface area contributed by atoms with Gasteiger partial charge in [-0.15, -0.1) is 11.3 Å². The highest BCUT2D eigenvalue weighted by molar-refractivity contribution is 7.12. The van der Waals surface area contributed by atoms with Gasteiger partial charge >= 0.3 is 0 Å². The first-order valence-electron chi connectivity index (χ1n) is 6.71. The van der Waals surface area contributed by atoms with Crippen LogP contribution in [0.25, 0.3) is 11.3 Å². The maximum absolute atomic E-state index is 5.70. The summed E-state index contributed by atoms with van der Waals surface area (Å²) in [5, 5.41) is 1.16. The number of aryl methyl sites for hydroxylation is 1. The topological polar surface area (TPSA) is 48.1 Å². The molecule has 0 saturated heterocycles. The number of para-hydroxylation sites is 1. The van der Waals surface area contributed by atoms with Crippen molar-refractivity contribution >= 4 is 11.3 Å². The third-order valence-electron chi connectivity index (χ3n) is 2.86. The molecule has 4 heteroatoms. The van der Waals surface area contributed by atoms with Crippen LogP contribution in [0.3, 0.4) is 0 Å². The Balaban J connectivity index is 2.47. The van der Waals surface area contributed by atoms with E-state index in [1.54, 1.807) is 11.3 Å². The van der Waals surface area contributed by atoms with Crippen LogP contribution >= 0.6 is 11.3 Å². The largest absolute Gasteiger partial charge is 0.493 e. The Morgan fingerprint density at radius 2 is 2.05 bits per heavy atom. The van der Waals surface area contributed by atoms with Crippen molar-refractivity contribution in [3.8, 4) is 17.0 Å². The number of rotatable bonds is 6. The average molecular weight is 276 g/mol. The lowest BCUT2D eigenvalue weighted by atomic mass is 10.1. The van der Waals surface area contributed by atoms with Gasteiger partial charge in [-0.05, 0) is 38.4 Å². The molecular weight excluding hydrogens is 256 g/mol. The van der Waals surface area contributed by atoms with Crippen molar-refractivity contribution in [2.75, 3.05) is 13.2 Å². The number of nitrogens with two attached hydrogens (primary N) is 1. The number of aromatic nitrogens is 1. The predicted molar refractivity (Wildman–Crippen MR) is 80.9 cm³/mol. The SMILES string of the molecule is CCOc1ccccc1-c1nc(CC)sc1CCN. The van der Waals surface area contributed by atoms with Crippen molar-refractivity contribution < 1.29 is 4.74 Å². The summed E-state index contributed by atoms with van der Waals surface area (Å²) in [4.78, 5) is 6.00. The molecule has 0 fully saturated rings. The van der Waals surface area contributed by atoms with E-state index in [1.807, 2.05) is 25.1 Å². The quantitative estimate of drug-likeness (QED) is 0.881. The van der Waals surface area contributed by atoms with Crippen molar-refractivity contribution in [1.82, 2.24) is 4.98 Å². The smallest absolute Gasteiger partial charge is 0.128 e. The zero-order chi connectivity index (χ0) is 13.7. The molecule has 0 bridgehead atoms. The van der Waals surface area contributed by atoms with E-state index in [9.17, 15) is 0 Å². The molecule has 1 aromatic carbocycles. The van der Waals surface area contributed by atoms with Crippen LogP contribution in [0.5, 0.6) is 5.75 Å². The highest BCUT2D eigenvalue weighted by Crippen LogP contribution is 2.34. The summed E-state index contributed by atoms with van der Waals surface area (Å²) in [7, 11) is 0. The fourth-order valence-corrected chi connectivity index (χ4v) is 3.04. The van der Waals surface area contributed by atoms with Gasteiger partial charge in [-0.1, -0.05) is 19.1 Å². The van der Waals surface area contributed by atoms with Gasteiger partial charge in [-0.2, -0.15) is 0 Å². The van der Waals surface area contributed by atoms with E-state index < -0.39 is 0 Å². The zero-order valence-corrected chi connectivity index (χ0v) is 12.3. The molecule has 0 aliphatic rings. The fourth-order valence-electron chi connectivity index (χ4n) is 2.01. The fraction of sp³-hybridized carbons (Fsp3) is 0.400. The monoisotopic (exact) mass is 276 g/mol. The number of hydrogen-bond donors (Lipinski definition) is 1. The van der Waals surface area contributed by atoms with Crippen molar-refractivity contribution in [1.29, 1.82) is 0 Å². The first-order chi connectivity index (χ1) is 9.30. The maximum Gasteiger partial charge on any atom is 0.128 e. The highest BCUT2D eigenvalue weighted by atomic mass is 32.1. The van der Waals surface area contributed by atoms with Crippen molar-refractivity contribution in [3.05, 3.63) is 34.2 Å². The number of ether oxygens (including phenoxy) is 1. The standard InChI is InChI=1S/C15H20N2OS/c1-3-14-17-15(13(19-14)9-10-16)11-7-5-6-8-12(11)18-4-2/h5-8H,3-4,9-10,16H2,1-2H3. The number of nitrogens with zero attached hydrogens (tertiary/aromatic N) is 1. The lowest BCUT2D eigenvalue weighted by molar-refractivity contribution is 0.341. The van der Waals surface area contributed by atoms with Gasteiger partial charge in [0.15, 0.2) is 0 Å².